The van der Waals surface area contributed by atoms with Gasteiger partial charge >= 0.3 is 0 Å². The van der Waals surface area contributed by atoms with Crippen LogP contribution in [0.2, 0.25) is 5.02 Å². The van der Waals surface area contributed by atoms with Crippen LogP contribution in [0.5, 0.6) is 0 Å². The molecule has 0 radical (unpaired) electrons. The van der Waals surface area contributed by atoms with Gasteiger partial charge in [-0.05, 0) is 47.4 Å². The Morgan fingerprint density at radius 2 is 1.97 bits per heavy atom. The SMILES string of the molecule is CCCCN1C(=O)c2ccccc2C(C(=O)NCc2cccnc2)C1c1cccc(Cl)c1. The van der Waals surface area contributed by atoms with Crippen LogP contribution in [0, 0.1) is 0 Å². The number of carbonyl (C=O) groups is 2. The summed E-state index contributed by atoms with van der Waals surface area (Å²) >= 11 is 6.31. The molecule has 2 unspecified atom stereocenters. The van der Waals surface area contributed by atoms with E-state index in [1.165, 1.54) is 0 Å². The average molecular weight is 448 g/mol. The third kappa shape index (κ3) is 4.53. The van der Waals surface area contributed by atoms with Gasteiger partial charge in [0.15, 0.2) is 0 Å². The minimum Gasteiger partial charge on any atom is -0.351 e. The van der Waals surface area contributed by atoms with Crippen LogP contribution < -0.4 is 5.32 Å². The van der Waals surface area contributed by atoms with Crippen LogP contribution in [0.3, 0.4) is 0 Å². The van der Waals surface area contributed by atoms with Gasteiger partial charge in [-0.25, -0.2) is 0 Å². The van der Waals surface area contributed by atoms with Crippen LogP contribution in [0.15, 0.2) is 73.1 Å². The maximum Gasteiger partial charge on any atom is 0.254 e. The summed E-state index contributed by atoms with van der Waals surface area (Å²) in [6.45, 7) is 3.04. The van der Waals surface area contributed by atoms with Crippen LogP contribution in [0.4, 0.5) is 0 Å². The minimum absolute atomic E-state index is 0.0460. The van der Waals surface area contributed by atoms with Gasteiger partial charge in [0.05, 0.1) is 12.0 Å². The van der Waals surface area contributed by atoms with E-state index in [2.05, 4.69) is 17.2 Å². The van der Waals surface area contributed by atoms with Gasteiger partial charge in [-0.15, -0.1) is 0 Å². The Hall–Kier alpha value is -3.18. The normalized spacial score (nSPS) is 17.7. The Labute approximate surface area is 193 Å². The monoisotopic (exact) mass is 447 g/mol. The largest absolute Gasteiger partial charge is 0.351 e. The van der Waals surface area contributed by atoms with Crippen molar-refractivity contribution in [3.05, 3.63) is 100 Å². The van der Waals surface area contributed by atoms with Crippen LogP contribution in [-0.4, -0.2) is 28.2 Å². The number of hydrogen-bond donors (Lipinski definition) is 1. The highest BCUT2D eigenvalue weighted by molar-refractivity contribution is 6.30. The van der Waals surface area contributed by atoms with Crippen LogP contribution in [0.25, 0.3) is 0 Å². The van der Waals surface area contributed by atoms with Crippen LogP contribution in [-0.2, 0) is 11.3 Å². The summed E-state index contributed by atoms with van der Waals surface area (Å²) in [5.41, 5.74) is 3.11. The van der Waals surface area contributed by atoms with E-state index in [0.29, 0.717) is 23.7 Å². The number of benzene rings is 2. The first-order chi connectivity index (χ1) is 15.6. The summed E-state index contributed by atoms with van der Waals surface area (Å²) < 4.78 is 0. The van der Waals surface area contributed by atoms with Gasteiger partial charge in [0.2, 0.25) is 5.91 Å². The average Bonchev–Trinajstić information content (AvgIpc) is 2.82. The van der Waals surface area contributed by atoms with Crippen molar-refractivity contribution in [2.24, 2.45) is 0 Å². The van der Waals surface area contributed by atoms with E-state index < -0.39 is 12.0 Å². The lowest BCUT2D eigenvalue weighted by Gasteiger charge is -2.42. The van der Waals surface area contributed by atoms with Crippen LogP contribution >= 0.6 is 11.6 Å². The van der Waals surface area contributed by atoms with E-state index in [-0.39, 0.29) is 11.8 Å². The summed E-state index contributed by atoms with van der Waals surface area (Å²) in [5.74, 6) is -0.716. The highest BCUT2D eigenvalue weighted by Crippen LogP contribution is 2.43. The molecule has 1 N–H and O–H groups in total. The highest BCUT2D eigenvalue weighted by atomic mass is 35.5. The third-order valence-corrected chi connectivity index (χ3v) is 6.09. The zero-order chi connectivity index (χ0) is 22.5. The number of halogens is 1. The lowest BCUT2D eigenvalue weighted by Crippen LogP contribution is -2.47. The van der Waals surface area contributed by atoms with Crippen molar-refractivity contribution >= 4 is 23.4 Å². The standard InChI is InChI=1S/C26H26ClN3O2/c1-2-3-14-30-24(19-9-6-10-20(27)15-19)23(21-11-4-5-12-22(21)26(30)32)25(31)29-17-18-8-7-13-28-16-18/h4-13,15-16,23-24H,2-3,14,17H2,1H3,(H,29,31). The Balaban J connectivity index is 1.77. The lowest BCUT2D eigenvalue weighted by molar-refractivity contribution is -0.124. The van der Waals surface area contributed by atoms with E-state index in [9.17, 15) is 9.59 Å². The van der Waals surface area contributed by atoms with E-state index >= 15 is 0 Å². The number of unbranched alkanes of at least 4 members (excludes halogenated alkanes) is 1. The predicted octanol–water partition coefficient (Wildman–Crippen LogP) is 5.13. The van der Waals surface area contributed by atoms with Gasteiger partial charge in [-0.1, -0.05) is 61.3 Å². The number of nitrogens with one attached hydrogen (secondary N) is 1. The molecule has 1 aliphatic rings. The molecule has 0 aliphatic carbocycles. The number of rotatable bonds is 7. The summed E-state index contributed by atoms with van der Waals surface area (Å²) in [5, 5.41) is 3.65. The van der Waals surface area contributed by atoms with Crippen molar-refractivity contribution < 1.29 is 9.59 Å². The number of carbonyl (C=O) groups excluding carboxylic acids is 2. The fourth-order valence-corrected chi connectivity index (χ4v) is 4.51. The molecule has 32 heavy (non-hydrogen) atoms. The Kier molecular flexibility index (Phi) is 6.86. The molecule has 0 spiro atoms. The fraction of sp³-hybridized carbons (Fsp3) is 0.269. The van der Waals surface area contributed by atoms with Crippen molar-refractivity contribution in [3.8, 4) is 0 Å². The number of nitrogens with zero attached hydrogens (tertiary/aromatic N) is 2. The molecule has 5 nitrogen and oxygen atoms in total. The molecular weight excluding hydrogens is 422 g/mol. The molecule has 3 aromatic rings. The third-order valence-electron chi connectivity index (χ3n) is 5.85. The number of pyridine rings is 1. The van der Waals surface area contributed by atoms with Gasteiger partial charge < -0.3 is 10.2 Å². The second-order valence-corrected chi connectivity index (χ2v) is 8.43. The second kappa shape index (κ2) is 9.96. The molecule has 1 aromatic heterocycles. The van der Waals surface area contributed by atoms with Gasteiger partial charge in [-0.3, -0.25) is 14.6 Å². The van der Waals surface area contributed by atoms with Crippen molar-refractivity contribution in [3.63, 3.8) is 0 Å². The van der Waals surface area contributed by atoms with E-state index in [1.54, 1.807) is 18.5 Å². The van der Waals surface area contributed by atoms with Crippen LogP contribution in [0.1, 0.15) is 58.8 Å². The smallest absolute Gasteiger partial charge is 0.254 e. The molecular formula is C26H26ClN3O2. The zero-order valence-electron chi connectivity index (χ0n) is 18.0. The molecule has 2 amide bonds. The summed E-state index contributed by atoms with van der Waals surface area (Å²) in [6.07, 6.45) is 5.25. The lowest BCUT2D eigenvalue weighted by atomic mass is 9.79. The summed E-state index contributed by atoms with van der Waals surface area (Å²) in [6, 6.07) is 18.2. The molecule has 0 saturated heterocycles. The maximum atomic E-state index is 13.6. The van der Waals surface area contributed by atoms with Gasteiger partial charge in [0.1, 0.15) is 0 Å². The fourth-order valence-electron chi connectivity index (χ4n) is 4.31. The molecule has 4 rings (SSSR count). The molecule has 0 fully saturated rings. The quantitative estimate of drug-likeness (QED) is 0.546. The first-order valence-corrected chi connectivity index (χ1v) is 11.3. The Bertz CT molecular complexity index is 1100. The minimum atomic E-state index is -0.545. The van der Waals surface area contributed by atoms with Crippen molar-refractivity contribution in [2.45, 2.75) is 38.3 Å². The molecule has 2 atom stereocenters. The van der Waals surface area contributed by atoms with Gasteiger partial charge in [0, 0.05) is 36.1 Å². The van der Waals surface area contributed by atoms with Crippen molar-refractivity contribution in [1.29, 1.82) is 0 Å². The number of hydrogen-bond acceptors (Lipinski definition) is 3. The van der Waals surface area contributed by atoms with E-state index in [1.807, 2.05) is 59.5 Å². The number of amides is 2. The first-order valence-electron chi connectivity index (χ1n) is 10.9. The topological polar surface area (TPSA) is 62.3 Å². The highest BCUT2D eigenvalue weighted by Gasteiger charge is 2.43. The number of aromatic nitrogens is 1. The second-order valence-electron chi connectivity index (χ2n) is 8.00. The molecule has 0 bridgehead atoms. The van der Waals surface area contributed by atoms with Crippen molar-refractivity contribution in [2.75, 3.05) is 6.54 Å². The zero-order valence-corrected chi connectivity index (χ0v) is 18.8. The maximum absolute atomic E-state index is 13.6. The van der Waals surface area contributed by atoms with Gasteiger partial charge in [0.25, 0.3) is 5.91 Å². The predicted molar refractivity (Wildman–Crippen MR) is 125 cm³/mol. The van der Waals surface area contributed by atoms with Crippen molar-refractivity contribution in [1.82, 2.24) is 15.2 Å². The summed E-state index contributed by atoms with van der Waals surface area (Å²) in [7, 11) is 0. The molecule has 2 aromatic carbocycles. The molecule has 1 aliphatic heterocycles. The molecule has 164 valence electrons. The van der Waals surface area contributed by atoms with E-state index in [0.717, 1.165) is 29.5 Å². The molecule has 2 heterocycles. The molecule has 0 saturated carbocycles. The van der Waals surface area contributed by atoms with E-state index in [4.69, 9.17) is 11.6 Å². The Morgan fingerprint density at radius 3 is 2.72 bits per heavy atom. The van der Waals surface area contributed by atoms with Gasteiger partial charge in [-0.2, -0.15) is 0 Å². The first kappa shape index (κ1) is 22.0. The summed E-state index contributed by atoms with van der Waals surface area (Å²) in [4.78, 5) is 33.1. The molecule has 6 heteroatoms. The Morgan fingerprint density at radius 1 is 1.12 bits per heavy atom. The number of fused-ring (bicyclic) bond motifs is 1.